The Morgan fingerprint density at radius 3 is 2.31 bits per heavy atom. The number of ether oxygens (including phenoxy) is 1. The summed E-state index contributed by atoms with van der Waals surface area (Å²) in [5.41, 5.74) is 3.73. The molecule has 190 valence electrons. The first-order valence-corrected chi connectivity index (χ1v) is 11.7. The highest BCUT2D eigenvalue weighted by Gasteiger charge is 2.39. The fourth-order valence-corrected chi connectivity index (χ4v) is 4.29. The molecule has 1 unspecified atom stereocenters. The quantitative estimate of drug-likeness (QED) is 0.311. The van der Waals surface area contributed by atoms with E-state index in [4.69, 9.17) is 9.94 Å². The van der Waals surface area contributed by atoms with Gasteiger partial charge in [-0.25, -0.2) is 0 Å². The Labute approximate surface area is 207 Å². The van der Waals surface area contributed by atoms with Crippen LogP contribution in [0.4, 0.5) is 11.4 Å². The summed E-state index contributed by atoms with van der Waals surface area (Å²) in [6.45, 7) is 1.84. The van der Waals surface area contributed by atoms with Gasteiger partial charge in [-0.1, -0.05) is 12.1 Å². The Bertz CT molecular complexity index is 1100. The number of benzene rings is 2. The second kappa shape index (κ2) is 11.4. The van der Waals surface area contributed by atoms with Crippen LogP contribution in [0.25, 0.3) is 0 Å². The lowest BCUT2D eigenvalue weighted by Gasteiger charge is -2.34. The van der Waals surface area contributed by atoms with Crippen molar-refractivity contribution in [1.82, 2.24) is 10.4 Å². The monoisotopic (exact) mass is 496 g/mol. The highest BCUT2D eigenvalue weighted by molar-refractivity contribution is 6.04. The van der Waals surface area contributed by atoms with E-state index in [0.717, 1.165) is 25.9 Å². The molecule has 2 saturated heterocycles. The summed E-state index contributed by atoms with van der Waals surface area (Å²) in [5.74, 6) is -1.44. The Hall–Kier alpha value is -3.64. The molecule has 0 radical (unpaired) electrons. The number of carbonyl (C=O) groups is 4. The topological polar surface area (TPSA) is 149 Å². The summed E-state index contributed by atoms with van der Waals surface area (Å²) in [4.78, 5) is 52.4. The molecular weight excluding hydrogens is 468 g/mol. The minimum Gasteiger partial charge on any atom is -0.380 e. The van der Waals surface area contributed by atoms with Gasteiger partial charge < -0.3 is 35.0 Å². The molecule has 0 saturated carbocycles. The molecule has 4 N–H and O–H groups in total. The lowest BCUT2D eigenvalue weighted by atomic mass is 10.1. The van der Waals surface area contributed by atoms with Crippen LogP contribution in [0, 0.1) is 0 Å². The minimum absolute atomic E-state index is 0.0420. The Morgan fingerprint density at radius 1 is 1.03 bits per heavy atom. The van der Waals surface area contributed by atoms with E-state index in [1.165, 1.54) is 29.2 Å². The SMILES string of the molecule is O=CC(NO)c1ccc(NC(=O)[C@H](O)[C@H]2OCCN(c3ccc(C(=O)N4CCCC4)cc3)C2=O)cc1. The average molecular weight is 497 g/mol. The molecule has 11 nitrogen and oxygen atoms in total. The van der Waals surface area contributed by atoms with Gasteiger partial charge in [-0.2, -0.15) is 5.48 Å². The third-order valence-corrected chi connectivity index (χ3v) is 6.31. The molecule has 0 bridgehead atoms. The molecule has 4 rings (SSSR count). The number of morpholine rings is 1. The van der Waals surface area contributed by atoms with Crippen LogP contribution in [0.5, 0.6) is 0 Å². The van der Waals surface area contributed by atoms with E-state index in [1.807, 2.05) is 5.48 Å². The zero-order valence-corrected chi connectivity index (χ0v) is 19.5. The first kappa shape index (κ1) is 25.5. The van der Waals surface area contributed by atoms with E-state index in [1.54, 1.807) is 29.2 Å². The van der Waals surface area contributed by atoms with Crippen molar-refractivity contribution in [2.45, 2.75) is 31.1 Å². The zero-order chi connectivity index (χ0) is 25.7. The summed E-state index contributed by atoms with van der Waals surface area (Å²) in [5, 5.41) is 22.1. The van der Waals surface area contributed by atoms with Crippen molar-refractivity contribution in [1.29, 1.82) is 0 Å². The number of likely N-dealkylation sites (tertiary alicyclic amines) is 1. The Balaban J connectivity index is 1.39. The number of nitrogens with one attached hydrogen (secondary N) is 2. The van der Waals surface area contributed by atoms with Crippen molar-refractivity contribution in [3.05, 3.63) is 59.7 Å². The second-order valence-corrected chi connectivity index (χ2v) is 8.63. The number of hydrogen-bond acceptors (Lipinski definition) is 8. The first-order valence-electron chi connectivity index (χ1n) is 11.7. The fourth-order valence-electron chi connectivity index (χ4n) is 4.29. The standard InChI is InChI=1S/C25H28N4O7/c30-15-20(27-35)16-3-7-18(8-4-16)26-23(32)21(31)22-25(34)29(13-14-36-22)19-9-5-17(6-10-19)24(33)28-11-1-2-12-28/h3-10,15,20-22,27,31,35H,1-2,11-14H2,(H,26,32)/t20?,21-,22-/m1/s1. The molecule has 3 amide bonds. The van der Waals surface area contributed by atoms with Gasteiger partial charge in [-0.3, -0.25) is 14.4 Å². The molecule has 2 aromatic carbocycles. The van der Waals surface area contributed by atoms with E-state index < -0.39 is 30.1 Å². The number of anilines is 2. The molecule has 2 fully saturated rings. The number of amides is 3. The summed E-state index contributed by atoms with van der Waals surface area (Å²) in [6, 6.07) is 11.8. The molecule has 2 aromatic rings. The number of aliphatic hydroxyl groups is 1. The molecule has 0 spiro atoms. The van der Waals surface area contributed by atoms with Gasteiger partial charge >= 0.3 is 0 Å². The van der Waals surface area contributed by atoms with E-state index in [-0.39, 0.29) is 19.1 Å². The average Bonchev–Trinajstić information content (AvgIpc) is 3.45. The minimum atomic E-state index is -1.77. The number of hydrogen-bond donors (Lipinski definition) is 4. The molecule has 3 atom stereocenters. The van der Waals surface area contributed by atoms with E-state index in [0.29, 0.717) is 28.8 Å². The zero-order valence-electron chi connectivity index (χ0n) is 19.5. The summed E-state index contributed by atoms with van der Waals surface area (Å²) in [7, 11) is 0. The Kier molecular flexibility index (Phi) is 8.06. The van der Waals surface area contributed by atoms with Crippen LogP contribution in [0.15, 0.2) is 48.5 Å². The molecule has 36 heavy (non-hydrogen) atoms. The number of aliphatic hydroxyl groups excluding tert-OH is 1. The molecule has 2 aliphatic heterocycles. The van der Waals surface area contributed by atoms with Crippen molar-refractivity contribution >= 4 is 35.4 Å². The third kappa shape index (κ3) is 5.44. The lowest BCUT2D eigenvalue weighted by molar-refractivity contribution is -0.150. The van der Waals surface area contributed by atoms with Gasteiger partial charge in [0, 0.05) is 36.6 Å². The van der Waals surface area contributed by atoms with E-state index in [2.05, 4.69) is 5.32 Å². The van der Waals surface area contributed by atoms with Crippen molar-refractivity contribution in [3.8, 4) is 0 Å². The van der Waals surface area contributed by atoms with Crippen LogP contribution in [0.2, 0.25) is 0 Å². The highest BCUT2D eigenvalue weighted by Crippen LogP contribution is 2.23. The van der Waals surface area contributed by atoms with E-state index >= 15 is 0 Å². The highest BCUT2D eigenvalue weighted by atomic mass is 16.5. The second-order valence-electron chi connectivity index (χ2n) is 8.63. The maximum absolute atomic E-state index is 13.1. The van der Waals surface area contributed by atoms with Crippen molar-refractivity contribution < 1.29 is 34.2 Å². The van der Waals surface area contributed by atoms with Crippen LogP contribution >= 0.6 is 0 Å². The smallest absolute Gasteiger partial charge is 0.259 e. The van der Waals surface area contributed by atoms with E-state index in [9.17, 15) is 24.3 Å². The number of aldehydes is 1. The van der Waals surface area contributed by atoms with Crippen molar-refractivity contribution in [2.24, 2.45) is 0 Å². The molecule has 11 heteroatoms. The number of hydroxylamine groups is 1. The number of nitrogens with zero attached hydrogens (tertiary/aromatic N) is 2. The van der Waals surface area contributed by atoms with Gasteiger partial charge in [0.1, 0.15) is 12.3 Å². The summed E-state index contributed by atoms with van der Waals surface area (Å²) < 4.78 is 5.43. The fraction of sp³-hybridized carbons (Fsp3) is 0.360. The van der Waals surface area contributed by atoms with Gasteiger partial charge in [-0.15, -0.1) is 0 Å². The predicted octanol–water partition coefficient (Wildman–Crippen LogP) is 0.873. The molecule has 2 heterocycles. The molecular formula is C25H28N4O7. The lowest BCUT2D eigenvalue weighted by Crippen LogP contribution is -2.55. The van der Waals surface area contributed by atoms with Gasteiger partial charge in [0.25, 0.3) is 17.7 Å². The summed E-state index contributed by atoms with van der Waals surface area (Å²) in [6.07, 6.45) is -0.652. The van der Waals surface area contributed by atoms with Gasteiger partial charge in [-0.05, 0) is 54.8 Å². The Morgan fingerprint density at radius 2 is 1.69 bits per heavy atom. The van der Waals surface area contributed by atoms with Crippen LogP contribution in [0.1, 0.15) is 34.8 Å². The third-order valence-electron chi connectivity index (χ3n) is 6.31. The molecule has 0 aromatic heterocycles. The number of carbonyl (C=O) groups excluding carboxylic acids is 4. The first-order chi connectivity index (χ1) is 17.4. The van der Waals surface area contributed by atoms with Crippen molar-refractivity contribution in [3.63, 3.8) is 0 Å². The normalized spacial score (nSPS) is 19.6. The van der Waals surface area contributed by atoms with Crippen LogP contribution < -0.4 is 15.7 Å². The number of rotatable bonds is 8. The molecule has 0 aliphatic carbocycles. The van der Waals surface area contributed by atoms with Crippen LogP contribution in [-0.2, 0) is 19.1 Å². The summed E-state index contributed by atoms with van der Waals surface area (Å²) >= 11 is 0. The van der Waals surface area contributed by atoms with Crippen LogP contribution in [-0.4, -0.2) is 77.7 Å². The van der Waals surface area contributed by atoms with Gasteiger partial charge in [0.15, 0.2) is 12.2 Å². The van der Waals surface area contributed by atoms with Crippen LogP contribution in [0.3, 0.4) is 0 Å². The molecule has 2 aliphatic rings. The van der Waals surface area contributed by atoms with Gasteiger partial charge in [0.2, 0.25) is 0 Å². The maximum Gasteiger partial charge on any atom is 0.259 e. The largest absolute Gasteiger partial charge is 0.380 e. The maximum atomic E-state index is 13.1. The predicted molar refractivity (Wildman–Crippen MR) is 128 cm³/mol. The van der Waals surface area contributed by atoms with Crippen molar-refractivity contribution in [2.75, 3.05) is 36.5 Å². The van der Waals surface area contributed by atoms with Gasteiger partial charge in [0.05, 0.1) is 6.61 Å².